The van der Waals surface area contributed by atoms with Crippen molar-refractivity contribution in [3.05, 3.63) is 64.9 Å². The molecule has 1 aromatic carbocycles. The Bertz CT molecular complexity index is 611. The molecule has 0 saturated heterocycles. The van der Waals surface area contributed by atoms with Gasteiger partial charge in [-0.05, 0) is 36.5 Å². The number of nitrogens with zero attached hydrogens (tertiary/aromatic N) is 2. The maximum Gasteiger partial charge on any atom is 0.186 e. The lowest BCUT2D eigenvalue weighted by molar-refractivity contribution is 0.973. The molecule has 0 bridgehead atoms. The van der Waals surface area contributed by atoms with Gasteiger partial charge in [-0.25, -0.2) is 0 Å². The molecule has 1 heterocycles. The third-order valence-electron chi connectivity index (χ3n) is 2.52. The first-order chi connectivity index (χ1) is 9.70. The summed E-state index contributed by atoms with van der Waals surface area (Å²) in [6.07, 6.45) is 1.72. The van der Waals surface area contributed by atoms with E-state index in [9.17, 15) is 0 Å². The molecule has 6 heteroatoms. The molecular formula is C14H13ClN4S. The zero-order chi connectivity index (χ0) is 14.4. The van der Waals surface area contributed by atoms with E-state index < -0.39 is 0 Å². The zero-order valence-electron chi connectivity index (χ0n) is 10.8. The summed E-state index contributed by atoms with van der Waals surface area (Å²) in [4.78, 5) is 4.31. The number of rotatable bonds is 3. The summed E-state index contributed by atoms with van der Waals surface area (Å²) in [5.41, 5.74) is 5.13. The number of hydrogen-bond donors (Lipinski definition) is 2. The van der Waals surface area contributed by atoms with Gasteiger partial charge in [0.2, 0.25) is 0 Å². The molecule has 2 N–H and O–H groups in total. The van der Waals surface area contributed by atoms with Crippen molar-refractivity contribution in [3.8, 4) is 0 Å². The van der Waals surface area contributed by atoms with E-state index in [1.165, 1.54) is 0 Å². The Kier molecular flexibility index (Phi) is 5.03. The minimum absolute atomic E-state index is 0.437. The highest BCUT2D eigenvalue weighted by Gasteiger charge is 2.08. The van der Waals surface area contributed by atoms with Crippen LogP contribution in [-0.2, 0) is 0 Å². The van der Waals surface area contributed by atoms with Crippen molar-refractivity contribution < 1.29 is 0 Å². The molecule has 20 heavy (non-hydrogen) atoms. The number of hydrogen-bond acceptors (Lipinski definition) is 3. The molecule has 0 aliphatic carbocycles. The lowest BCUT2D eigenvalue weighted by Crippen LogP contribution is -2.29. The van der Waals surface area contributed by atoms with E-state index >= 15 is 0 Å². The maximum absolute atomic E-state index is 5.91. The van der Waals surface area contributed by atoms with E-state index in [1.807, 2.05) is 42.5 Å². The third-order valence-corrected chi connectivity index (χ3v) is 3.07. The standard InChI is InChI=1S/C14H13ClN4S/c1-16-14(20)19-18-13(12-4-2-3-9-17-12)10-5-7-11(15)8-6-10/h2-9H,1H3,(H2,16,19,20)/b18-13+. The quantitative estimate of drug-likeness (QED) is 0.520. The van der Waals surface area contributed by atoms with Gasteiger partial charge in [-0.15, -0.1) is 0 Å². The number of aromatic nitrogens is 1. The van der Waals surface area contributed by atoms with E-state index in [1.54, 1.807) is 13.2 Å². The summed E-state index contributed by atoms with van der Waals surface area (Å²) < 4.78 is 0. The Labute approximate surface area is 127 Å². The number of halogens is 1. The van der Waals surface area contributed by atoms with Crippen LogP contribution in [0.2, 0.25) is 5.02 Å². The SMILES string of the molecule is CNC(=S)N/N=C(\c1ccc(Cl)cc1)c1ccccn1. The van der Waals surface area contributed by atoms with Gasteiger partial charge in [0, 0.05) is 23.8 Å². The molecule has 0 fully saturated rings. The van der Waals surface area contributed by atoms with Crippen molar-refractivity contribution in [3.63, 3.8) is 0 Å². The molecule has 0 saturated carbocycles. The highest BCUT2D eigenvalue weighted by atomic mass is 35.5. The average molecular weight is 305 g/mol. The molecule has 0 atom stereocenters. The van der Waals surface area contributed by atoms with Crippen LogP contribution in [-0.4, -0.2) is 22.9 Å². The lowest BCUT2D eigenvalue weighted by atomic mass is 10.1. The Balaban J connectivity index is 2.39. The van der Waals surface area contributed by atoms with E-state index in [2.05, 4.69) is 20.8 Å². The van der Waals surface area contributed by atoms with E-state index in [-0.39, 0.29) is 0 Å². The summed E-state index contributed by atoms with van der Waals surface area (Å²) in [6.45, 7) is 0. The van der Waals surface area contributed by atoms with Crippen LogP contribution in [0.1, 0.15) is 11.3 Å². The van der Waals surface area contributed by atoms with Crippen LogP contribution in [0.15, 0.2) is 53.8 Å². The molecule has 0 aliphatic heterocycles. The molecular weight excluding hydrogens is 292 g/mol. The van der Waals surface area contributed by atoms with Crippen LogP contribution >= 0.6 is 23.8 Å². The monoisotopic (exact) mass is 304 g/mol. The molecule has 0 radical (unpaired) electrons. The van der Waals surface area contributed by atoms with E-state index in [0.29, 0.717) is 15.8 Å². The Hall–Kier alpha value is -1.98. The first kappa shape index (κ1) is 14.4. The van der Waals surface area contributed by atoms with Crippen molar-refractivity contribution in [1.82, 2.24) is 15.7 Å². The second-order valence-electron chi connectivity index (χ2n) is 3.87. The van der Waals surface area contributed by atoms with E-state index in [4.69, 9.17) is 23.8 Å². The van der Waals surface area contributed by atoms with Gasteiger partial charge in [0.15, 0.2) is 5.11 Å². The fraction of sp³-hybridized carbons (Fsp3) is 0.0714. The van der Waals surface area contributed by atoms with Gasteiger partial charge in [-0.3, -0.25) is 10.4 Å². The molecule has 0 spiro atoms. The second kappa shape index (κ2) is 6.98. The van der Waals surface area contributed by atoms with Gasteiger partial charge < -0.3 is 5.32 Å². The topological polar surface area (TPSA) is 49.3 Å². The van der Waals surface area contributed by atoms with Crippen molar-refractivity contribution in [1.29, 1.82) is 0 Å². The van der Waals surface area contributed by atoms with Crippen LogP contribution < -0.4 is 10.7 Å². The van der Waals surface area contributed by atoms with Crippen molar-refractivity contribution in [2.45, 2.75) is 0 Å². The normalized spacial score (nSPS) is 11.0. The zero-order valence-corrected chi connectivity index (χ0v) is 12.4. The Morgan fingerprint density at radius 1 is 1.20 bits per heavy atom. The number of nitrogens with one attached hydrogen (secondary N) is 2. The van der Waals surface area contributed by atoms with Crippen LogP contribution in [0.3, 0.4) is 0 Å². The van der Waals surface area contributed by atoms with Gasteiger partial charge in [-0.2, -0.15) is 5.10 Å². The van der Waals surface area contributed by atoms with Crippen molar-refractivity contribution in [2.24, 2.45) is 5.10 Å². The largest absolute Gasteiger partial charge is 0.364 e. The fourth-order valence-electron chi connectivity index (χ4n) is 1.54. The highest BCUT2D eigenvalue weighted by molar-refractivity contribution is 7.80. The summed E-state index contributed by atoms with van der Waals surface area (Å²) in [7, 11) is 1.73. The number of pyridine rings is 1. The molecule has 0 unspecified atom stereocenters. The highest BCUT2D eigenvalue weighted by Crippen LogP contribution is 2.13. The van der Waals surface area contributed by atoms with Gasteiger partial charge in [0.05, 0.1) is 5.69 Å². The minimum atomic E-state index is 0.437. The van der Waals surface area contributed by atoms with Crippen LogP contribution in [0, 0.1) is 0 Å². The van der Waals surface area contributed by atoms with Crippen LogP contribution in [0.4, 0.5) is 0 Å². The smallest absolute Gasteiger partial charge is 0.186 e. The lowest BCUT2D eigenvalue weighted by Gasteiger charge is -2.08. The Morgan fingerprint density at radius 3 is 2.55 bits per heavy atom. The van der Waals surface area contributed by atoms with E-state index in [0.717, 1.165) is 11.3 Å². The summed E-state index contributed by atoms with van der Waals surface area (Å²) >= 11 is 10.9. The first-order valence-electron chi connectivity index (χ1n) is 5.93. The maximum atomic E-state index is 5.91. The van der Waals surface area contributed by atoms with Gasteiger partial charge >= 0.3 is 0 Å². The molecule has 2 aromatic rings. The van der Waals surface area contributed by atoms with Crippen LogP contribution in [0.25, 0.3) is 0 Å². The minimum Gasteiger partial charge on any atom is -0.364 e. The van der Waals surface area contributed by atoms with Crippen molar-refractivity contribution in [2.75, 3.05) is 7.05 Å². The molecule has 102 valence electrons. The van der Waals surface area contributed by atoms with Crippen molar-refractivity contribution >= 4 is 34.6 Å². The second-order valence-corrected chi connectivity index (χ2v) is 4.72. The predicted molar refractivity (Wildman–Crippen MR) is 86.1 cm³/mol. The summed E-state index contributed by atoms with van der Waals surface area (Å²) in [5.74, 6) is 0. The first-order valence-corrected chi connectivity index (χ1v) is 6.72. The summed E-state index contributed by atoms with van der Waals surface area (Å²) in [5, 5.41) is 8.24. The molecule has 0 aliphatic rings. The van der Waals surface area contributed by atoms with Gasteiger partial charge in [0.25, 0.3) is 0 Å². The van der Waals surface area contributed by atoms with Crippen LogP contribution in [0.5, 0.6) is 0 Å². The summed E-state index contributed by atoms with van der Waals surface area (Å²) in [6, 6.07) is 13.0. The number of hydrazone groups is 1. The number of benzene rings is 1. The van der Waals surface area contributed by atoms with Gasteiger partial charge in [-0.1, -0.05) is 29.8 Å². The number of thiocarbonyl (C=S) groups is 1. The molecule has 4 nitrogen and oxygen atoms in total. The molecule has 1 aromatic heterocycles. The molecule has 0 amide bonds. The fourth-order valence-corrected chi connectivity index (χ4v) is 1.71. The third kappa shape index (κ3) is 3.76. The molecule has 2 rings (SSSR count). The Morgan fingerprint density at radius 2 is 1.95 bits per heavy atom. The van der Waals surface area contributed by atoms with Gasteiger partial charge in [0.1, 0.15) is 5.71 Å². The average Bonchev–Trinajstić information content (AvgIpc) is 2.50. The predicted octanol–water partition coefficient (Wildman–Crippen LogP) is 2.58.